The minimum absolute atomic E-state index is 0.0673. The molecule has 0 unspecified atom stereocenters. The fourth-order valence-corrected chi connectivity index (χ4v) is 5.20. The van der Waals surface area contributed by atoms with Gasteiger partial charge in [-0.2, -0.15) is 22.3 Å². The number of sulfonamides is 2. The van der Waals surface area contributed by atoms with E-state index < -0.39 is 32.3 Å². The molecule has 0 N–H and O–H groups in total. The summed E-state index contributed by atoms with van der Waals surface area (Å²) in [6.07, 6.45) is 1.39. The molecule has 0 radical (unpaired) electrons. The Labute approximate surface area is 142 Å². The zero-order chi connectivity index (χ0) is 19.2. The number of hydrogen-bond acceptors (Lipinski definition) is 6. The van der Waals surface area contributed by atoms with Crippen molar-refractivity contribution in [1.82, 2.24) is 14.3 Å². The van der Waals surface area contributed by atoms with E-state index >= 15 is 0 Å². The van der Waals surface area contributed by atoms with Crippen LogP contribution in [0, 0.1) is 6.92 Å². The number of rotatable bonds is 5. The van der Waals surface area contributed by atoms with Gasteiger partial charge < -0.3 is 0 Å². The van der Waals surface area contributed by atoms with E-state index in [0.29, 0.717) is 17.2 Å². The number of hydrogen-bond donors (Lipinski definition) is 0. The minimum Gasteiger partial charge on any atom is -0.245 e. The van der Waals surface area contributed by atoms with E-state index in [4.69, 9.17) is 0 Å². The van der Waals surface area contributed by atoms with Crippen molar-refractivity contribution in [3.05, 3.63) is 40.6 Å². The molecule has 138 valence electrons. The Kier molecular flexibility index (Phi) is 4.74. The molecule has 2 aromatic rings. The number of anilines is 1. The zero-order valence-electron chi connectivity index (χ0n) is 13.3. The molecule has 0 atom stereocenters. The highest BCUT2D eigenvalue weighted by Crippen LogP contribution is 2.23. The molecule has 0 saturated carbocycles. The Morgan fingerprint density at radius 2 is 1.68 bits per heavy atom. The molecule has 0 fully saturated rings. The van der Waals surface area contributed by atoms with Crippen LogP contribution in [0.1, 0.15) is 12.4 Å². The lowest BCUT2D eigenvalue weighted by atomic mass is 10.3. The number of aromatic nitrogens is 3. The van der Waals surface area contributed by atoms with Crippen molar-refractivity contribution in [2.45, 2.75) is 13.5 Å². The highest BCUT2D eigenvalue weighted by Gasteiger charge is 2.28. The predicted octanol–water partition coefficient (Wildman–Crippen LogP) is 0.463. The molecule has 0 spiro atoms. The molecule has 0 aliphatic rings. The molecule has 1 heterocycles. The topological polar surface area (TPSA) is 111 Å². The summed E-state index contributed by atoms with van der Waals surface area (Å²) in [5.74, 6) is -0.256. The molecule has 9 nitrogen and oxygen atoms in total. The van der Waals surface area contributed by atoms with Gasteiger partial charge >= 0.3 is 12.2 Å². The molecular formula is C12H14F2N4O5S2. The Morgan fingerprint density at radius 1 is 1.12 bits per heavy atom. The normalized spacial score (nSPS) is 12.6. The van der Waals surface area contributed by atoms with Crippen molar-refractivity contribution < 1.29 is 25.6 Å². The summed E-state index contributed by atoms with van der Waals surface area (Å²) in [6.45, 7) is -1.90. The number of benzene rings is 1. The highest BCUT2D eigenvalue weighted by molar-refractivity contribution is 8.09. The van der Waals surface area contributed by atoms with Gasteiger partial charge in [0.25, 0.3) is 0 Å². The summed E-state index contributed by atoms with van der Waals surface area (Å²) in [4.78, 5) is 12.0. The minimum atomic E-state index is -4.19. The summed E-state index contributed by atoms with van der Waals surface area (Å²) in [7, 11) is -8.38. The fraction of sp³-hybridized carbons (Fsp3) is 0.333. The lowest BCUT2D eigenvalue weighted by molar-refractivity contribution is 0.0640. The van der Waals surface area contributed by atoms with Crippen molar-refractivity contribution in [3.63, 3.8) is 0 Å². The standard InChI is InChI=1S/C12H14F2N4O5S2/c1-8-15-17(12(19)16(8)11(13)14)9-5-4-6-10(7-9)18(24(2,20)21)25(3,22)23/h4-7,11H,1-3H3. The summed E-state index contributed by atoms with van der Waals surface area (Å²) in [6, 6.07) is 4.81. The van der Waals surface area contributed by atoms with Gasteiger partial charge in [0.2, 0.25) is 20.0 Å². The largest absolute Gasteiger partial charge is 0.355 e. The monoisotopic (exact) mass is 396 g/mol. The van der Waals surface area contributed by atoms with Crippen LogP contribution in [0.3, 0.4) is 0 Å². The van der Waals surface area contributed by atoms with Crippen molar-refractivity contribution in [1.29, 1.82) is 0 Å². The van der Waals surface area contributed by atoms with Crippen molar-refractivity contribution in [3.8, 4) is 5.69 Å². The van der Waals surface area contributed by atoms with Crippen LogP contribution in [0.5, 0.6) is 0 Å². The Bertz CT molecular complexity index is 1040. The van der Waals surface area contributed by atoms with E-state index in [9.17, 15) is 30.4 Å². The molecular weight excluding hydrogens is 382 g/mol. The average molecular weight is 396 g/mol. The van der Waals surface area contributed by atoms with E-state index in [2.05, 4.69) is 5.10 Å². The third-order valence-electron chi connectivity index (χ3n) is 3.06. The first kappa shape index (κ1) is 19.1. The van der Waals surface area contributed by atoms with E-state index in [1.807, 2.05) is 0 Å². The quantitative estimate of drug-likeness (QED) is 0.726. The van der Waals surface area contributed by atoms with Crippen LogP contribution < -0.4 is 9.40 Å². The first-order chi connectivity index (χ1) is 11.3. The van der Waals surface area contributed by atoms with E-state index in [1.165, 1.54) is 25.1 Å². The van der Waals surface area contributed by atoms with Crippen LogP contribution in [-0.4, -0.2) is 43.7 Å². The molecule has 0 aliphatic heterocycles. The number of halogens is 2. The summed E-state index contributed by atoms with van der Waals surface area (Å²) in [5, 5.41) is 3.70. The SMILES string of the molecule is Cc1nn(-c2cccc(N(S(C)(=O)=O)S(C)(=O)=O)c2)c(=O)n1C(F)F. The van der Waals surface area contributed by atoms with Gasteiger partial charge in [-0.25, -0.2) is 26.2 Å². The van der Waals surface area contributed by atoms with Crippen LogP contribution in [0.2, 0.25) is 0 Å². The fourth-order valence-electron chi connectivity index (χ4n) is 2.24. The van der Waals surface area contributed by atoms with Crippen LogP contribution in [0.4, 0.5) is 14.5 Å². The first-order valence-corrected chi connectivity index (χ1v) is 10.3. The number of nitrogens with zero attached hydrogens (tertiary/aromatic N) is 4. The molecule has 25 heavy (non-hydrogen) atoms. The molecule has 1 aromatic heterocycles. The zero-order valence-corrected chi connectivity index (χ0v) is 14.9. The molecule has 0 amide bonds. The first-order valence-electron chi connectivity index (χ1n) is 6.61. The lowest BCUT2D eigenvalue weighted by Gasteiger charge is -2.20. The van der Waals surface area contributed by atoms with Crippen LogP contribution >= 0.6 is 0 Å². The van der Waals surface area contributed by atoms with Gasteiger partial charge in [0.15, 0.2) is 0 Å². The molecule has 1 aromatic carbocycles. The van der Waals surface area contributed by atoms with Gasteiger partial charge in [-0.3, -0.25) is 0 Å². The summed E-state index contributed by atoms with van der Waals surface area (Å²) >= 11 is 0. The highest BCUT2D eigenvalue weighted by atomic mass is 32.3. The predicted molar refractivity (Wildman–Crippen MR) is 86.0 cm³/mol. The van der Waals surface area contributed by atoms with Gasteiger partial charge in [0.1, 0.15) is 5.82 Å². The molecule has 0 saturated heterocycles. The number of alkyl halides is 2. The van der Waals surface area contributed by atoms with Crippen LogP contribution in [-0.2, 0) is 20.0 Å². The Hall–Kier alpha value is -2.28. The summed E-state index contributed by atoms with van der Waals surface area (Å²) in [5.41, 5.74) is -1.49. The van der Waals surface area contributed by atoms with Crippen LogP contribution in [0.15, 0.2) is 29.1 Å². The molecule has 0 aliphatic carbocycles. The average Bonchev–Trinajstić information content (AvgIpc) is 2.71. The maximum absolute atomic E-state index is 12.9. The van der Waals surface area contributed by atoms with Crippen molar-refractivity contribution in [2.24, 2.45) is 0 Å². The third kappa shape index (κ3) is 3.71. The summed E-state index contributed by atoms with van der Waals surface area (Å²) < 4.78 is 73.9. The van der Waals surface area contributed by atoms with Gasteiger partial charge in [-0.05, 0) is 25.1 Å². The Balaban J connectivity index is 2.69. The second kappa shape index (κ2) is 6.22. The third-order valence-corrected chi connectivity index (χ3v) is 6.31. The van der Waals surface area contributed by atoms with Gasteiger partial charge in [-0.15, -0.1) is 0 Å². The van der Waals surface area contributed by atoms with Crippen molar-refractivity contribution >= 4 is 25.7 Å². The van der Waals surface area contributed by atoms with Gasteiger partial charge in [0.05, 0.1) is 23.9 Å². The van der Waals surface area contributed by atoms with Gasteiger partial charge in [0, 0.05) is 0 Å². The molecule has 2 rings (SSSR count). The van der Waals surface area contributed by atoms with Crippen molar-refractivity contribution in [2.75, 3.05) is 16.2 Å². The maximum Gasteiger partial charge on any atom is 0.355 e. The lowest BCUT2D eigenvalue weighted by Crippen LogP contribution is -2.35. The van der Waals surface area contributed by atoms with E-state index in [1.54, 1.807) is 0 Å². The van der Waals surface area contributed by atoms with Gasteiger partial charge in [-0.1, -0.05) is 6.07 Å². The van der Waals surface area contributed by atoms with E-state index in [-0.39, 0.29) is 25.5 Å². The Morgan fingerprint density at radius 3 is 2.12 bits per heavy atom. The maximum atomic E-state index is 12.9. The number of aryl methyl sites for hydroxylation is 1. The smallest absolute Gasteiger partial charge is 0.245 e. The second-order valence-corrected chi connectivity index (χ2v) is 9.03. The van der Waals surface area contributed by atoms with E-state index in [0.717, 1.165) is 6.07 Å². The molecule has 0 bridgehead atoms. The molecule has 13 heteroatoms. The second-order valence-electron chi connectivity index (χ2n) is 5.13. The van der Waals surface area contributed by atoms with Crippen LogP contribution in [0.25, 0.3) is 5.69 Å².